The molecule has 2 heteroatoms. The second-order valence-electron chi connectivity index (χ2n) is 2.50. The summed E-state index contributed by atoms with van der Waals surface area (Å²) in [6.45, 7) is 7.63. The molecular weight excluding hydrogens is 132 g/mol. The van der Waals surface area contributed by atoms with E-state index in [-0.39, 0.29) is 10.5 Å². The van der Waals surface area contributed by atoms with Gasteiger partial charge in [-0.15, -0.1) is 11.8 Å². The maximum atomic E-state index is 10.8. The number of rotatable bonds is 3. The predicted molar refractivity (Wildman–Crippen MR) is 42.9 cm³/mol. The highest BCUT2D eigenvalue weighted by Crippen LogP contribution is 2.24. The molecule has 0 unspecified atom stereocenters. The van der Waals surface area contributed by atoms with Crippen LogP contribution in [-0.4, -0.2) is 16.3 Å². The van der Waals surface area contributed by atoms with E-state index in [9.17, 15) is 4.79 Å². The van der Waals surface area contributed by atoms with Crippen LogP contribution in [0.15, 0.2) is 0 Å². The summed E-state index contributed by atoms with van der Waals surface area (Å²) in [4.78, 5) is 10.8. The standard InChI is InChI=1S/C7H14OS/c1-5-9-7(3,4)6(2)8/h5H2,1-4H3. The molecule has 0 aliphatic heterocycles. The van der Waals surface area contributed by atoms with Crippen LogP contribution in [0, 0.1) is 0 Å². The van der Waals surface area contributed by atoms with E-state index in [0.29, 0.717) is 0 Å². The van der Waals surface area contributed by atoms with Crippen LogP contribution < -0.4 is 0 Å². The maximum absolute atomic E-state index is 10.8. The summed E-state index contributed by atoms with van der Waals surface area (Å²) in [7, 11) is 0. The van der Waals surface area contributed by atoms with Crippen molar-refractivity contribution in [3.63, 3.8) is 0 Å². The van der Waals surface area contributed by atoms with Crippen LogP contribution in [0.3, 0.4) is 0 Å². The minimum absolute atomic E-state index is 0.172. The average molecular weight is 146 g/mol. The summed E-state index contributed by atoms with van der Waals surface area (Å²) in [5.41, 5.74) is 0. The fraction of sp³-hybridized carbons (Fsp3) is 0.857. The van der Waals surface area contributed by atoms with Gasteiger partial charge in [0.25, 0.3) is 0 Å². The monoisotopic (exact) mass is 146 g/mol. The van der Waals surface area contributed by atoms with Crippen LogP contribution >= 0.6 is 11.8 Å². The third-order valence-corrected chi connectivity index (χ3v) is 2.65. The van der Waals surface area contributed by atoms with Crippen LogP contribution in [0.1, 0.15) is 27.7 Å². The second kappa shape index (κ2) is 3.25. The lowest BCUT2D eigenvalue weighted by atomic mass is 10.1. The van der Waals surface area contributed by atoms with Crippen molar-refractivity contribution in [2.45, 2.75) is 32.4 Å². The second-order valence-corrected chi connectivity index (χ2v) is 4.39. The van der Waals surface area contributed by atoms with Gasteiger partial charge in [0, 0.05) is 0 Å². The highest BCUT2D eigenvalue weighted by atomic mass is 32.2. The van der Waals surface area contributed by atoms with E-state index in [0.717, 1.165) is 5.75 Å². The highest BCUT2D eigenvalue weighted by molar-refractivity contribution is 8.01. The predicted octanol–water partition coefficient (Wildman–Crippen LogP) is 2.11. The molecule has 9 heavy (non-hydrogen) atoms. The van der Waals surface area contributed by atoms with E-state index in [1.807, 2.05) is 13.8 Å². The van der Waals surface area contributed by atoms with Gasteiger partial charge in [-0.1, -0.05) is 6.92 Å². The summed E-state index contributed by atoms with van der Waals surface area (Å²) in [5.74, 6) is 1.27. The summed E-state index contributed by atoms with van der Waals surface area (Å²) in [6.07, 6.45) is 0. The van der Waals surface area contributed by atoms with E-state index in [2.05, 4.69) is 6.92 Å². The molecule has 0 bridgehead atoms. The van der Waals surface area contributed by atoms with Crippen molar-refractivity contribution in [1.29, 1.82) is 0 Å². The first-order valence-electron chi connectivity index (χ1n) is 3.15. The van der Waals surface area contributed by atoms with E-state index in [4.69, 9.17) is 0 Å². The molecule has 0 spiro atoms. The number of carbonyl (C=O) groups is 1. The molecule has 0 rings (SSSR count). The number of ketones is 1. The summed E-state index contributed by atoms with van der Waals surface area (Å²) >= 11 is 1.69. The highest BCUT2D eigenvalue weighted by Gasteiger charge is 2.22. The van der Waals surface area contributed by atoms with Crippen molar-refractivity contribution in [3.05, 3.63) is 0 Å². The Bertz CT molecular complexity index is 107. The smallest absolute Gasteiger partial charge is 0.145 e. The first kappa shape index (κ1) is 9.02. The van der Waals surface area contributed by atoms with Crippen molar-refractivity contribution in [2.24, 2.45) is 0 Å². The Balaban J connectivity index is 3.85. The molecule has 1 nitrogen and oxygen atoms in total. The van der Waals surface area contributed by atoms with Crippen LogP contribution in [-0.2, 0) is 4.79 Å². The Morgan fingerprint density at radius 3 is 2.11 bits per heavy atom. The number of Topliss-reactive ketones (excluding diaryl/α,β-unsaturated/α-hetero) is 1. The molecule has 0 saturated heterocycles. The SMILES string of the molecule is CCSC(C)(C)C(C)=O. The Hall–Kier alpha value is 0.0200. The van der Waals surface area contributed by atoms with Crippen LogP contribution in [0.2, 0.25) is 0 Å². The normalized spacial score (nSPS) is 11.6. The molecule has 0 N–H and O–H groups in total. The van der Waals surface area contributed by atoms with Crippen molar-refractivity contribution >= 4 is 17.5 Å². The molecule has 0 aromatic carbocycles. The third kappa shape index (κ3) is 2.89. The lowest BCUT2D eigenvalue weighted by molar-refractivity contribution is -0.118. The van der Waals surface area contributed by atoms with Gasteiger partial charge >= 0.3 is 0 Å². The van der Waals surface area contributed by atoms with Gasteiger partial charge in [0.1, 0.15) is 5.78 Å². The Labute approximate surface area is 61.2 Å². The van der Waals surface area contributed by atoms with Crippen LogP contribution in [0.5, 0.6) is 0 Å². The van der Waals surface area contributed by atoms with Crippen LogP contribution in [0.4, 0.5) is 0 Å². The van der Waals surface area contributed by atoms with Gasteiger partial charge in [-0.3, -0.25) is 4.79 Å². The zero-order chi connectivity index (χ0) is 7.49. The van der Waals surface area contributed by atoms with Gasteiger partial charge < -0.3 is 0 Å². The molecule has 0 aromatic rings. The van der Waals surface area contributed by atoms with Gasteiger partial charge in [0.05, 0.1) is 4.75 Å². The van der Waals surface area contributed by atoms with Gasteiger partial charge in [0.15, 0.2) is 0 Å². The molecule has 54 valence electrons. The van der Waals surface area contributed by atoms with E-state index in [1.165, 1.54) is 0 Å². The topological polar surface area (TPSA) is 17.1 Å². The maximum Gasteiger partial charge on any atom is 0.145 e. The number of thioether (sulfide) groups is 1. The Morgan fingerprint density at radius 2 is 2.00 bits per heavy atom. The average Bonchev–Trinajstić information content (AvgIpc) is 1.65. The number of hydrogen-bond acceptors (Lipinski definition) is 2. The summed E-state index contributed by atoms with van der Waals surface area (Å²) < 4.78 is -0.172. The van der Waals surface area contributed by atoms with Gasteiger partial charge in [-0.25, -0.2) is 0 Å². The molecule has 0 aromatic heterocycles. The summed E-state index contributed by atoms with van der Waals surface area (Å²) in [5, 5.41) is 0. The molecule has 0 aliphatic carbocycles. The van der Waals surface area contributed by atoms with E-state index in [1.54, 1.807) is 18.7 Å². The lowest BCUT2D eigenvalue weighted by Gasteiger charge is -2.18. The zero-order valence-electron chi connectivity index (χ0n) is 6.52. The molecule has 0 aliphatic rings. The van der Waals surface area contributed by atoms with Crippen molar-refractivity contribution in [2.75, 3.05) is 5.75 Å². The minimum atomic E-state index is -0.172. The van der Waals surface area contributed by atoms with Gasteiger partial charge in [0.2, 0.25) is 0 Å². The van der Waals surface area contributed by atoms with Crippen molar-refractivity contribution < 1.29 is 4.79 Å². The summed E-state index contributed by atoms with van der Waals surface area (Å²) in [6, 6.07) is 0. The van der Waals surface area contributed by atoms with Crippen molar-refractivity contribution in [3.8, 4) is 0 Å². The molecule has 0 amide bonds. The van der Waals surface area contributed by atoms with Crippen molar-refractivity contribution in [1.82, 2.24) is 0 Å². The Kier molecular flexibility index (Phi) is 3.26. The van der Waals surface area contributed by atoms with E-state index >= 15 is 0 Å². The molecule has 0 radical (unpaired) electrons. The first-order valence-corrected chi connectivity index (χ1v) is 4.14. The lowest BCUT2D eigenvalue weighted by Crippen LogP contribution is -2.24. The number of hydrogen-bond donors (Lipinski definition) is 0. The first-order chi connectivity index (χ1) is 4.00. The molecule has 0 fully saturated rings. The van der Waals surface area contributed by atoms with E-state index < -0.39 is 0 Å². The number of carbonyl (C=O) groups excluding carboxylic acids is 1. The fourth-order valence-electron chi connectivity index (χ4n) is 0.462. The Morgan fingerprint density at radius 1 is 1.56 bits per heavy atom. The van der Waals surface area contributed by atoms with Gasteiger partial charge in [-0.05, 0) is 26.5 Å². The molecular formula is C7H14OS. The fourth-order valence-corrected chi connectivity index (χ4v) is 1.39. The third-order valence-electron chi connectivity index (χ3n) is 1.35. The minimum Gasteiger partial charge on any atom is -0.298 e. The van der Waals surface area contributed by atoms with Gasteiger partial charge in [-0.2, -0.15) is 0 Å². The molecule has 0 atom stereocenters. The largest absolute Gasteiger partial charge is 0.298 e. The quantitative estimate of drug-likeness (QED) is 0.606. The zero-order valence-corrected chi connectivity index (χ0v) is 7.34. The molecule has 0 saturated carbocycles. The molecule has 0 heterocycles. The van der Waals surface area contributed by atoms with Crippen LogP contribution in [0.25, 0.3) is 0 Å².